The van der Waals surface area contributed by atoms with Crippen LogP contribution in [0.3, 0.4) is 0 Å². The minimum atomic E-state index is -0.697. The number of carboxylic acid groups (broad SMARTS) is 1. The minimum absolute atomic E-state index is 0.356. The number of carboxylic acids is 1. The van der Waals surface area contributed by atoms with E-state index in [2.05, 4.69) is 20.8 Å². The first-order chi connectivity index (χ1) is 9.16. The van der Waals surface area contributed by atoms with Gasteiger partial charge in [-0.3, -0.25) is 9.69 Å². The maximum Gasteiger partial charge on any atom is 0.320 e. The van der Waals surface area contributed by atoms with Crippen LogP contribution in [0, 0.1) is 5.92 Å². The summed E-state index contributed by atoms with van der Waals surface area (Å²) in [4.78, 5) is 13.6. The van der Waals surface area contributed by atoms with Crippen molar-refractivity contribution in [2.24, 2.45) is 5.92 Å². The third-order valence-corrected chi connectivity index (χ3v) is 5.23. The number of likely N-dealkylation sites (tertiary alicyclic amines) is 1. The van der Waals surface area contributed by atoms with Crippen molar-refractivity contribution in [1.82, 2.24) is 4.90 Å². The summed E-state index contributed by atoms with van der Waals surface area (Å²) in [5.41, 5.74) is 0. The largest absolute Gasteiger partial charge is 0.480 e. The van der Waals surface area contributed by atoms with Gasteiger partial charge in [-0.1, -0.05) is 12.8 Å². The van der Waals surface area contributed by atoms with Crippen molar-refractivity contribution < 1.29 is 14.3 Å². The van der Waals surface area contributed by atoms with Crippen LogP contribution in [0.15, 0.2) is 21.2 Å². The van der Waals surface area contributed by atoms with Gasteiger partial charge in [-0.15, -0.1) is 0 Å². The highest BCUT2D eigenvalue weighted by atomic mass is 79.9. The number of furan rings is 1. The summed E-state index contributed by atoms with van der Waals surface area (Å²) in [6.07, 6.45) is 7.17. The lowest BCUT2D eigenvalue weighted by Crippen LogP contribution is -2.41. The summed E-state index contributed by atoms with van der Waals surface area (Å²) >= 11 is 3.45. The maximum absolute atomic E-state index is 11.5. The molecule has 3 unspecified atom stereocenters. The Kier molecular flexibility index (Phi) is 3.67. The predicted octanol–water partition coefficient (Wildman–Crippen LogP) is 3.26. The SMILES string of the molecule is O=C(O)C1CC2CCCCC2N1Cc1occc1Br. The van der Waals surface area contributed by atoms with Crippen LogP contribution in [0.2, 0.25) is 0 Å². The normalized spacial score (nSPS) is 31.3. The van der Waals surface area contributed by atoms with Crippen LogP contribution in [-0.2, 0) is 11.3 Å². The van der Waals surface area contributed by atoms with E-state index in [4.69, 9.17) is 4.42 Å². The first-order valence-corrected chi connectivity index (χ1v) is 7.66. The van der Waals surface area contributed by atoms with Crippen LogP contribution in [-0.4, -0.2) is 28.1 Å². The lowest BCUT2D eigenvalue weighted by molar-refractivity contribution is -0.143. The molecular formula is C14H18BrNO3. The minimum Gasteiger partial charge on any atom is -0.480 e. The number of aliphatic carboxylic acids is 1. The zero-order chi connectivity index (χ0) is 13.4. The van der Waals surface area contributed by atoms with E-state index in [1.165, 1.54) is 19.3 Å². The molecule has 0 aromatic carbocycles. The standard InChI is InChI=1S/C14H18BrNO3/c15-10-5-6-19-13(10)8-16-11-4-2-1-3-9(11)7-12(16)14(17)18/h5-6,9,11-12H,1-4,7-8H2,(H,17,18). The van der Waals surface area contributed by atoms with Crippen molar-refractivity contribution in [2.45, 2.75) is 50.7 Å². The lowest BCUT2D eigenvalue weighted by atomic mass is 9.85. The van der Waals surface area contributed by atoms with Crippen molar-refractivity contribution in [3.05, 3.63) is 22.6 Å². The second-order valence-corrected chi connectivity index (χ2v) is 6.42. The highest BCUT2D eigenvalue weighted by molar-refractivity contribution is 9.10. The van der Waals surface area contributed by atoms with Crippen LogP contribution < -0.4 is 0 Å². The van der Waals surface area contributed by atoms with Gasteiger partial charge >= 0.3 is 5.97 Å². The van der Waals surface area contributed by atoms with Crippen LogP contribution in [0.4, 0.5) is 0 Å². The molecule has 3 atom stereocenters. The Bertz CT molecular complexity index is 473. The number of hydrogen-bond donors (Lipinski definition) is 1. The van der Waals surface area contributed by atoms with E-state index in [1.54, 1.807) is 6.26 Å². The van der Waals surface area contributed by atoms with Gasteiger partial charge in [-0.25, -0.2) is 0 Å². The number of nitrogens with zero attached hydrogens (tertiary/aromatic N) is 1. The summed E-state index contributed by atoms with van der Waals surface area (Å²) < 4.78 is 6.38. The van der Waals surface area contributed by atoms with E-state index >= 15 is 0 Å². The maximum atomic E-state index is 11.5. The summed E-state index contributed by atoms with van der Waals surface area (Å²) in [5.74, 6) is 0.679. The molecule has 2 heterocycles. The fraction of sp³-hybridized carbons (Fsp3) is 0.643. The van der Waals surface area contributed by atoms with Gasteiger partial charge in [-0.05, 0) is 47.2 Å². The summed E-state index contributed by atoms with van der Waals surface area (Å²) in [5, 5.41) is 9.44. The Hall–Kier alpha value is -0.810. The first-order valence-electron chi connectivity index (χ1n) is 6.87. The van der Waals surface area contributed by atoms with E-state index in [0.29, 0.717) is 18.5 Å². The number of rotatable bonds is 3. The van der Waals surface area contributed by atoms with Gasteiger partial charge in [0.1, 0.15) is 11.8 Å². The Labute approximate surface area is 120 Å². The second-order valence-electron chi connectivity index (χ2n) is 5.57. The van der Waals surface area contributed by atoms with Crippen LogP contribution >= 0.6 is 15.9 Å². The molecule has 1 aliphatic carbocycles. The van der Waals surface area contributed by atoms with Crippen molar-refractivity contribution in [3.63, 3.8) is 0 Å². The molecular weight excluding hydrogens is 310 g/mol. The first kappa shape index (κ1) is 13.2. The molecule has 1 N–H and O–H groups in total. The Balaban J connectivity index is 1.82. The molecule has 19 heavy (non-hydrogen) atoms. The van der Waals surface area contributed by atoms with Crippen molar-refractivity contribution in [3.8, 4) is 0 Å². The zero-order valence-electron chi connectivity index (χ0n) is 10.7. The molecule has 2 fully saturated rings. The highest BCUT2D eigenvalue weighted by Crippen LogP contribution is 2.41. The van der Waals surface area contributed by atoms with E-state index < -0.39 is 5.97 Å². The molecule has 1 saturated heterocycles. The topological polar surface area (TPSA) is 53.7 Å². The molecule has 104 valence electrons. The molecule has 1 saturated carbocycles. The third-order valence-electron chi connectivity index (χ3n) is 4.52. The fourth-order valence-electron chi connectivity index (χ4n) is 3.63. The lowest BCUT2D eigenvalue weighted by Gasteiger charge is -2.32. The zero-order valence-corrected chi connectivity index (χ0v) is 12.3. The molecule has 3 rings (SSSR count). The van der Waals surface area contributed by atoms with E-state index in [9.17, 15) is 9.90 Å². The van der Waals surface area contributed by atoms with Gasteiger partial charge in [0, 0.05) is 6.04 Å². The van der Waals surface area contributed by atoms with Gasteiger partial charge < -0.3 is 9.52 Å². The van der Waals surface area contributed by atoms with E-state index in [0.717, 1.165) is 23.1 Å². The molecule has 5 heteroatoms. The number of fused-ring (bicyclic) bond motifs is 1. The monoisotopic (exact) mass is 327 g/mol. The molecule has 1 aliphatic heterocycles. The van der Waals surface area contributed by atoms with Gasteiger partial charge in [0.05, 0.1) is 17.3 Å². The number of halogens is 1. The molecule has 0 spiro atoms. The van der Waals surface area contributed by atoms with Crippen molar-refractivity contribution in [2.75, 3.05) is 0 Å². The average molecular weight is 328 g/mol. The van der Waals surface area contributed by atoms with E-state index in [1.807, 2.05) is 6.07 Å². The number of carbonyl (C=O) groups is 1. The summed E-state index contributed by atoms with van der Waals surface area (Å²) in [7, 11) is 0. The molecule has 1 aromatic rings. The molecule has 4 nitrogen and oxygen atoms in total. The van der Waals surface area contributed by atoms with Gasteiger partial charge in [0.15, 0.2) is 0 Å². The average Bonchev–Trinajstić information content (AvgIpc) is 2.95. The highest BCUT2D eigenvalue weighted by Gasteiger charge is 2.45. The Morgan fingerprint density at radius 1 is 1.47 bits per heavy atom. The van der Waals surface area contributed by atoms with Crippen LogP contribution in [0.25, 0.3) is 0 Å². The van der Waals surface area contributed by atoms with Crippen LogP contribution in [0.5, 0.6) is 0 Å². The fourth-order valence-corrected chi connectivity index (χ4v) is 3.95. The predicted molar refractivity (Wildman–Crippen MR) is 73.7 cm³/mol. The van der Waals surface area contributed by atoms with Gasteiger partial charge in [-0.2, -0.15) is 0 Å². The van der Waals surface area contributed by atoms with Gasteiger partial charge in [0.25, 0.3) is 0 Å². The molecule has 1 aromatic heterocycles. The molecule has 0 bridgehead atoms. The van der Waals surface area contributed by atoms with Crippen LogP contribution in [0.1, 0.15) is 37.9 Å². The third kappa shape index (κ3) is 2.46. The molecule has 0 amide bonds. The Morgan fingerprint density at radius 3 is 2.95 bits per heavy atom. The summed E-state index contributed by atoms with van der Waals surface area (Å²) in [6, 6.07) is 1.91. The summed E-state index contributed by atoms with van der Waals surface area (Å²) in [6.45, 7) is 0.589. The quantitative estimate of drug-likeness (QED) is 0.925. The Morgan fingerprint density at radius 2 is 2.26 bits per heavy atom. The van der Waals surface area contributed by atoms with Gasteiger partial charge in [0.2, 0.25) is 0 Å². The second kappa shape index (κ2) is 5.29. The smallest absolute Gasteiger partial charge is 0.320 e. The van der Waals surface area contributed by atoms with Crippen molar-refractivity contribution >= 4 is 21.9 Å². The number of hydrogen-bond acceptors (Lipinski definition) is 3. The van der Waals surface area contributed by atoms with E-state index in [-0.39, 0.29) is 6.04 Å². The molecule has 0 radical (unpaired) electrons. The van der Waals surface area contributed by atoms with Crippen molar-refractivity contribution in [1.29, 1.82) is 0 Å². The molecule has 2 aliphatic rings.